The highest BCUT2D eigenvalue weighted by Gasteiger charge is 2.15. The molecule has 0 amide bonds. The van der Waals surface area contributed by atoms with E-state index in [0.29, 0.717) is 18.1 Å². The smallest absolute Gasteiger partial charge is 0.259 e. The van der Waals surface area contributed by atoms with Crippen LogP contribution >= 0.6 is 15.9 Å². The van der Waals surface area contributed by atoms with Gasteiger partial charge in [-0.05, 0) is 28.4 Å². The lowest BCUT2D eigenvalue weighted by molar-refractivity contribution is 0.153. The zero-order valence-electron chi connectivity index (χ0n) is 9.30. The summed E-state index contributed by atoms with van der Waals surface area (Å²) in [6, 6.07) is 1.83. The maximum atomic E-state index is 9.73. The fourth-order valence-electron chi connectivity index (χ4n) is 1.42. The van der Waals surface area contributed by atoms with Crippen molar-refractivity contribution in [3.63, 3.8) is 0 Å². The predicted octanol–water partition coefficient (Wildman–Crippen LogP) is 2.73. The van der Waals surface area contributed by atoms with Gasteiger partial charge in [0.2, 0.25) is 5.82 Å². The van der Waals surface area contributed by atoms with Crippen molar-refractivity contribution in [1.82, 2.24) is 15.1 Å². The van der Waals surface area contributed by atoms with Crippen molar-refractivity contribution < 1.29 is 9.63 Å². The van der Waals surface area contributed by atoms with E-state index in [1.165, 1.54) is 0 Å². The van der Waals surface area contributed by atoms with Crippen LogP contribution in [0.2, 0.25) is 0 Å². The molecule has 6 heteroatoms. The van der Waals surface area contributed by atoms with Crippen LogP contribution in [-0.2, 0) is 0 Å². The Morgan fingerprint density at radius 1 is 1.47 bits per heavy atom. The lowest BCUT2D eigenvalue weighted by Crippen LogP contribution is -1.98. The van der Waals surface area contributed by atoms with Crippen LogP contribution in [0.25, 0.3) is 11.5 Å². The Morgan fingerprint density at radius 3 is 3.00 bits per heavy atom. The fourth-order valence-corrected chi connectivity index (χ4v) is 1.78. The van der Waals surface area contributed by atoms with Gasteiger partial charge in [0.25, 0.3) is 5.89 Å². The van der Waals surface area contributed by atoms with Crippen LogP contribution in [-0.4, -0.2) is 20.2 Å². The highest BCUT2D eigenvalue weighted by Crippen LogP contribution is 2.22. The molecule has 5 nitrogen and oxygen atoms in total. The van der Waals surface area contributed by atoms with Crippen molar-refractivity contribution in [3.8, 4) is 11.5 Å². The fraction of sp³-hybridized carbons (Fsp3) is 0.364. The van der Waals surface area contributed by atoms with Crippen molar-refractivity contribution in [2.24, 2.45) is 0 Å². The van der Waals surface area contributed by atoms with Gasteiger partial charge in [0.05, 0.1) is 5.56 Å². The van der Waals surface area contributed by atoms with Crippen LogP contribution < -0.4 is 0 Å². The molecule has 0 saturated carbocycles. The molecule has 0 aliphatic rings. The standard InChI is InChI=1S/C11H12BrN3O2/c1-2-3-9(16)10-14-11(17-15-10)7-4-8(12)6-13-5-7/h4-6,9,16H,2-3H2,1H3. The lowest BCUT2D eigenvalue weighted by Gasteiger charge is -2.01. The third-order valence-electron chi connectivity index (χ3n) is 2.25. The summed E-state index contributed by atoms with van der Waals surface area (Å²) in [5.41, 5.74) is 0.724. The van der Waals surface area contributed by atoms with Crippen LogP contribution in [0.3, 0.4) is 0 Å². The molecule has 0 radical (unpaired) electrons. The molecule has 17 heavy (non-hydrogen) atoms. The Hall–Kier alpha value is -1.27. The predicted molar refractivity (Wildman–Crippen MR) is 65.1 cm³/mol. The lowest BCUT2D eigenvalue weighted by atomic mass is 10.2. The Morgan fingerprint density at radius 2 is 2.29 bits per heavy atom. The van der Waals surface area contributed by atoms with Gasteiger partial charge in [-0.15, -0.1) is 0 Å². The summed E-state index contributed by atoms with van der Waals surface area (Å²) in [5.74, 6) is 0.686. The van der Waals surface area contributed by atoms with Crippen LogP contribution in [0, 0.1) is 0 Å². The molecule has 0 aliphatic heterocycles. The number of aliphatic hydroxyl groups is 1. The number of hydrogen-bond acceptors (Lipinski definition) is 5. The summed E-state index contributed by atoms with van der Waals surface area (Å²) in [6.45, 7) is 1.99. The summed E-state index contributed by atoms with van der Waals surface area (Å²) in [4.78, 5) is 8.17. The quantitative estimate of drug-likeness (QED) is 0.939. The van der Waals surface area contributed by atoms with Crippen LogP contribution in [0.5, 0.6) is 0 Å². The van der Waals surface area contributed by atoms with E-state index in [4.69, 9.17) is 4.52 Å². The van der Waals surface area contributed by atoms with Crippen molar-refractivity contribution >= 4 is 15.9 Å². The van der Waals surface area contributed by atoms with Gasteiger partial charge in [-0.1, -0.05) is 18.5 Å². The largest absolute Gasteiger partial charge is 0.385 e. The van der Waals surface area contributed by atoms with Crippen molar-refractivity contribution in [1.29, 1.82) is 0 Å². The average molecular weight is 298 g/mol. The number of pyridine rings is 1. The second-order valence-electron chi connectivity index (χ2n) is 3.65. The number of halogens is 1. The van der Waals surface area contributed by atoms with Gasteiger partial charge in [0.1, 0.15) is 6.10 Å². The molecule has 90 valence electrons. The average Bonchev–Trinajstić information content (AvgIpc) is 2.78. The van der Waals surface area contributed by atoms with E-state index in [-0.39, 0.29) is 0 Å². The first kappa shape index (κ1) is 12.2. The number of aromatic nitrogens is 3. The van der Waals surface area contributed by atoms with E-state index in [1.807, 2.05) is 13.0 Å². The summed E-state index contributed by atoms with van der Waals surface area (Å²) >= 11 is 3.32. The van der Waals surface area contributed by atoms with E-state index in [0.717, 1.165) is 16.5 Å². The molecular formula is C11H12BrN3O2. The molecule has 0 aliphatic carbocycles. The molecule has 1 unspecified atom stereocenters. The Balaban J connectivity index is 2.23. The molecule has 2 aromatic heterocycles. The molecule has 0 bridgehead atoms. The maximum Gasteiger partial charge on any atom is 0.259 e. The first-order chi connectivity index (χ1) is 8.20. The first-order valence-electron chi connectivity index (χ1n) is 5.33. The van der Waals surface area contributed by atoms with Crippen LogP contribution in [0.15, 0.2) is 27.5 Å². The Labute approximate surface area is 107 Å². The van der Waals surface area contributed by atoms with E-state index in [9.17, 15) is 5.11 Å². The molecule has 2 rings (SSSR count). The zero-order valence-corrected chi connectivity index (χ0v) is 10.9. The minimum Gasteiger partial charge on any atom is -0.385 e. The number of hydrogen-bond donors (Lipinski definition) is 1. The molecular weight excluding hydrogens is 286 g/mol. The second kappa shape index (κ2) is 5.37. The topological polar surface area (TPSA) is 72.0 Å². The third kappa shape index (κ3) is 2.89. The minimum atomic E-state index is -0.669. The summed E-state index contributed by atoms with van der Waals surface area (Å²) in [7, 11) is 0. The zero-order chi connectivity index (χ0) is 12.3. The highest BCUT2D eigenvalue weighted by atomic mass is 79.9. The van der Waals surface area contributed by atoms with Crippen molar-refractivity contribution in [3.05, 3.63) is 28.8 Å². The van der Waals surface area contributed by atoms with E-state index < -0.39 is 6.10 Å². The van der Waals surface area contributed by atoms with Gasteiger partial charge in [-0.25, -0.2) is 0 Å². The Bertz CT molecular complexity index is 501. The van der Waals surface area contributed by atoms with Gasteiger partial charge >= 0.3 is 0 Å². The van der Waals surface area contributed by atoms with Crippen molar-refractivity contribution in [2.75, 3.05) is 0 Å². The molecule has 2 aromatic rings. The van der Waals surface area contributed by atoms with Gasteiger partial charge in [0, 0.05) is 16.9 Å². The van der Waals surface area contributed by atoms with Gasteiger partial charge in [0.15, 0.2) is 0 Å². The van der Waals surface area contributed by atoms with Crippen LogP contribution in [0.1, 0.15) is 31.7 Å². The van der Waals surface area contributed by atoms with E-state index in [2.05, 4.69) is 31.1 Å². The minimum absolute atomic E-state index is 0.321. The SMILES string of the molecule is CCCC(O)c1noc(-c2cncc(Br)c2)n1. The summed E-state index contributed by atoms with van der Waals surface area (Å²) < 4.78 is 5.93. The molecule has 0 fully saturated rings. The third-order valence-corrected chi connectivity index (χ3v) is 2.69. The molecule has 0 aromatic carbocycles. The van der Waals surface area contributed by atoms with Gasteiger partial charge in [-0.3, -0.25) is 4.98 Å². The van der Waals surface area contributed by atoms with Crippen LogP contribution in [0.4, 0.5) is 0 Å². The normalized spacial score (nSPS) is 12.6. The summed E-state index contributed by atoms with van der Waals surface area (Å²) in [5, 5.41) is 13.5. The molecule has 2 heterocycles. The van der Waals surface area contributed by atoms with Crippen molar-refractivity contribution in [2.45, 2.75) is 25.9 Å². The van der Waals surface area contributed by atoms with Gasteiger partial charge in [-0.2, -0.15) is 4.98 Å². The summed E-state index contributed by atoms with van der Waals surface area (Å²) in [6.07, 6.45) is 4.12. The maximum absolute atomic E-state index is 9.73. The highest BCUT2D eigenvalue weighted by molar-refractivity contribution is 9.10. The Kier molecular flexibility index (Phi) is 3.86. The molecule has 0 spiro atoms. The molecule has 1 N–H and O–H groups in total. The number of aliphatic hydroxyl groups excluding tert-OH is 1. The van der Waals surface area contributed by atoms with E-state index >= 15 is 0 Å². The number of nitrogens with zero attached hydrogens (tertiary/aromatic N) is 3. The number of rotatable bonds is 4. The molecule has 0 saturated heterocycles. The molecule has 1 atom stereocenters. The second-order valence-corrected chi connectivity index (χ2v) is 4.57. The monoisotopic (exact) mass is 297 g/mol. The van der Waals surface area contributed by atoms with E-state index in [1.54, 1.807) is 12.4 Å². The first-order valence-corrected chi connectivity index (χ1v) is 6.12. The van der Waals surface area contributed by atoms with Gasteiger partial charge < -0.3 is 9.63 Å².